The zero-order chi connectivity index (χ0) is 21.7. The molecule has 1 N–H and O–H groups in total. The van der Waals surface area contributed by atoms with Gasteiger partial charge in [0.2, 0.25) is 0 Å². The average molecular weight is 439 g/mol. The molecule has 0 spiro atoms. The first-order chi connectivity index (χ1) is 14.4. The van der Waals surface area contributed by atoms with Crippen LogP contribution in [-0.4, -0.2) is 42.8 Å². The third-order valence-electron chi connectivity index (χ3n) is 5.46. The van der Waals surface area contributed by atoms with Crippen LogP contribution in [0.15, 0.2) is 54.2 Å². The highest BCUT2D eigenvalue weighted by atomic mass is 35.5. The Morgan fingerprint density at radius 1 is 1.03 bits per heavy atom. The molecule has 0 atom stereocenters. The quantitative estimate of drug-likeness (QED) is 0.432. The molecule has 31 heavy (non-hydrogen) atoms. The van der Waals surface area contributed by atoms with Gasteiger partial charge in [0.05, 0.1) is 0 Å². The molecule has 0 bridgehead atoms. The van der Waals surface area contributed by atoms with E-state index in [1.165, 1.54) is 23.7 Å². The second kappa shape index (κ2) is 10.6. The number of nitrogens with zero attached hydrogens (tertiary/aromatic N) is 3. The van der Waals surface area contributed by atoms with Crippen LogP contribution < -0.4 is 10.2 Å². The molecule has 0 aromatic heterocycles. The predicted octanol–water partition coefficient (Wildman–Crippen LogP) is 4.10. The Morgan fingerprint density at radius 3 is 2.26 bits per heavy atom. The number of amides is 1. The molecule has 0 unspecified atom stereocenters. The maximum atomic E-state index is 12.5. The molecule has 0 saturated carbocycles. The van der Waals surface area contributed by atoms with Gasteiger partial charge < -0.3 is 15.1 Å². The number of nitriles is 1. The minimum Gasteiger partial charge on any atom is -0.373 e. The minimum absolute atomic E-state index is 0. The molecule has 1 amide bonds. The van der Waals surface area contributed by atoms with E-state index in [9.17, 15) is 14.9 Å². The second-order valence-corrected chi connectivity index (χ2v) is 7.48. The van der Waals surface area contributed by atoms with Crippen molar-refractivity contribution in [3.05, 3.63) is 70.9 Å². The van der Waals surface area contributed by atoms with Crippen LogP contribution in [0.25, 0.3) is 0 Å². The first-order valence-corrected chi connectivity index (χ1v) is 9.98. The number of rotatable bonds is 5. The summed E-state index contributed by atoms with van der Waals surface area (Å²) in [7, 11) is 0. The number of nitrogens with one attached hydrogen (secondary N) is 1. The van der Waals surface area contributed by atoms with Crippen molar-refractivity contribution in [2.24, 2.45) is 0 Å². The van der Waals surface area contributed by atoms with Crippen molar-refractivity contribution in [3.8, 4) is 6.07 Å². The van der Waals surface area contributed by atoms with Gasteiger partial charge in [-0.2, -0.15) is 5.26 Å². The van der Waals surface area contributed by atoms with Gasteiger partial charge in [0, 0.05) is 49.3 Å². The number of halogens is 1. The van der Waals surface area contributed by atoms with Gasteiger partial charge in [0.15, 0.2) is 5.78 Å². The smallest absolute Gasteiger partial charge is 0.267 e. The molecule has 0 aliphatic carbocycles. The van der Waals surface area contributed by atoms with Gasteiger partial charge in [-0.25, -0.2) is 0 Å². The lowest BCUT2D eigenvalue weighted by Crippen LogP contribution is -2.44. The number of hydrogen-bond donors (Lipinski definition) is 1. The predicted molar refractivity (Wildman–Crippen MR) is 126 cm³/mol. The van der Waals surface area contributed by atoms with Crippen molar-refractivity contribution in [3.63, 3.8) is 0 Å². The number of hydrogen-bond acceptors (Lipinski definition) is 5. The van der Waals surface area contributed by atoms with Gasteiger partial charge in [0.25, 0.3) is 5.91 Å². The SMILES string of the molecule is CC(=O)c1ccc(NC(=O)/C(C#N)=C\N2CCN(c3cccc(C)c3C)CC2)cc1.Cl. The Hall–Kier alpha value is -3.30. The lowest BCUT2D eigenvalue weighted by Gasteiger charge is -2.36. The Balaban J connectivity index is 0.00000341. The van der Waals surface area contributed by atoms with E-state index in [2.05, 4.69) is 42.3 Å². The number of anilines is 2. The molecule has 1 saturated heterocycles. The van der Waals surface area contributed by atoms with Gasteiger partial charge in [-0.1, -0.05) is 12.1 Å². The van der Waals surface area contributed by atoms with E-state index in [1.54, 1.807) is 30.5 Å². The Kier molecular flexibility index (Phi) is 8.23. The second-order valence-electron chi connectivity index (χ2n) is 7.48. The summed E-state index contributed by atoms with van der Waals surface area (Å²) in [5, 5.41) is 12.2. The summed E-state index contributed by atoms with van der Waals surface area (Å²) in [6, 6.07) is 14.9. The maximum absolute atomic E-state index is 12.5. The number of Topliss-reactive ketones (excluding diaryl/α,β-unsaturated/α-hetero) is 1. The number of carbonyl (C=O) groups is 2. The Bertz CT molecular complexity index is 1020. The number of benzene rings is 2. The van der Waals surface area contributed by atoms with E-state index in [-0.39, 0.29) is 23.8 Å². The van der Waals surface area contributed by atoms with Crippen LogP contribution in [0, 0.1) is 25.2 Å². The number of aryl methyl sites for hydroxylation is 1. The molecule has 0 radical (unpaired) electrons. The fourth-order valence-electron chi connectivity index (χ4n) is 3.48. The van der Waals surface area contributed by atoms with E-state index in [0.29, 0.717) is 11.3 Å². The molecule has 2 aromatic carbocycles. The summed E-state index contributed by atoms with van der Waals surface area (Å²) < 4.78 is 0. The first-order valence-electron chi connectivity index (χ1n) is 9.98. The molecule has 1 aliphatic rings. The minimum atomic E-state index is -0.454. The highest BCUT2D eigenvalue weighted by Gasteiger charge is 2.19. The third-order valence-corrected chi connectivity index (χ3v) is 5.46. The zero-order valence-corrected chi connectivity index (χ0v) is 18.8. The van der Waals surface area contributed by atoms with E-state index < -0.39 is 5.91 Å². The number of carbonyl (C=O) groups excluding carboxylic acids is 2. The van der Waals surface area contributed by atoms with Gasteiger partial charge in [-0.15, -0.1) is 12.4 Å². The van der Waals surface area contributed by atoms with Crippen molar-refractivity contribution in [2.45, 2.75) is 20.8 Å². The van der Waals surface area contributed by atoms with Gasteiger partial charge in [0.1, 0.15) is 11.6 Å². The summed E-state index contributed by atoms with van der Waals surface area (Å²) in [4.78, 5) is 28.2. The first kappa shape index (κ1) is 24.0. The monoisotopic (exact) mass is 438 g/mol. The van der Waals surface area contributed by atoms with Gasteiger partial charge in [-0.3, -0.25) is 9.59 Å². The van der Waals surface area contributed by atoms with Crippen molar-refractivity contribution in [2.75, 3.05) is 36.4 Å². The molecule has 162 valence electrons. The van der Waals surface area contributed by atoms with E-state index in [4.69, 9.17) is 0 Å². The Labute approximate surface area is 189 Å². The maximum Gasteiger partial charge on any atom is 0.267 e. The summed E-state index contributed by atoms with van der Waals surface area (Å²) >= 11 is 0. The van der Waals surface area contributed by atoms with Crippen molar-refractivity contribution >= 4 is 35.5 Å². The zero-order valence-electron chi connectivity index (χ0n) is 18.0. The molecular formula is C24H27ClN4O2. The molecular weight excluding hydrogens is 412 g/mol. The molecule has 1 aliphatic heterocycles. The fourth-order valence-corrected chi connectivity index (χ4v) is 3.48. The standard InChI is InChI=1S/C24H26N4O2.ClH/c1-17-5-4-6-23(18(17)2)28-13-11-27(12-14-28)16-21(15-25)24(30)26-22-9-7-20(8-10-22)19(3)29;/h4-10,16H,11-14H2,1-3H3,(H,26,30);1H/b21-16-;. The average Bonchev–Trinajstić information content (AvgIpc) is 2.75. The number of ketones is 1. The molecule has 1 heterocycles. The van der Waals surface area contributed by atoms with E-state index >= 15 is 0 Å². The van der Waals surface area contributed by atoms with Crippen molar-refractivity contribution in [1.82, 2.24) is 4.90 Å². The fraction of sp³-hybridized carbons (Fsp3) is 0.292. The molecule has 2 aromatic rings. The summed E-state index contributed by atoms with van der Waals surface area (Å²) in [6.07, 6.45) is 1.64. The topological polar surface area (TPSA) is 76.4 Å². The number of piperazine rings is 1. The lowest BCUT2D eigenvalue weighted by atomic mass is 10.1. The largest absolute Gasteiger partial charge is 0.373 e. The summed E-state index contributed by atoms with van der Waals surface area (Å²) in [6.45, 7) is 8.87. The Morgan fingerprint density at radius 2 is 1.68 bits per heavy atom. The molecule has 1 fully saturated rings. The van der Waals surface area contributed by atoms with Gasteiger partial charge >= 0.3 is 0 Å². The third kappa shape index (κ3) is 5.87. The molecule has 3 rings (SSSR count). The van der Waals surface area contributed by atoms with Gasteiger partial charge in [-0.05, 0) is 62.2 Å². The van der Waals surface area contributed by atoms with Crippen LogP contribution in [0.1, 0.15) is 28.4 Å². The van der Waals surface area contributed by atoms with Crippen molar-refractivity contribution in [1.29, 1.82) is 5.26 Å². The molecule has 6 nitrogen and oxygen atoms in total. The summed E-state index contributed by atoms with van der Waals surface area (Å²) in [5.41, 5.74) is 4.98. The lowest BCUT2D eigenvalue weighted by molar-refractivity contribution is -0.112. The normalized spacial score (nSPS) is 13.8. The highest BCUT2D eigenvalue weighted by molar-refractivity contribution is 6.06. The van der Waals surface area contributed by atoms with Crippen LogP contribution >= 0.6 is 12.4 Å². The van der Waals surface area contributed by atoms with Crippen LogP contribution in [0.5, 0.6) is 0 Å². The van der Waals surface area contributed by atoms with Crippen LogP contribution in [-0.2, 0) is 4.79 Å². The van der Waals surface area contributed by atoms with Crippen molar-refractivity contribution < 1.29 is 9.59 Å². The van der Waals surface area contributed by atoms with Crippen LogP contribution in [0.3, 0.4) is 0 Å². The van der Waals surface area contributed by atoms with E-state index in [1.807, 2.05) is 11.0 Å². The van der Waals surface area contributed by atoms with E-state index in [0.717, 1.165) is 26.2 Å². The van der Waals surface area contributed by atoms with Crippen LogP contribution in [0.2, 0.25) is 0 Å². The van der Waals surface area contributed by atoms with Crippen LogP contribution in [0.4, 0.5) is 11.4 Å². The molecule has 7 heteroatoms. The highest BCUT2D eigenvalue weighted by Crippen LogP contribution is 2.24. The summed E-state index contributed by atoms with van der Waals surface area (Å²) in [5.74, 6) is -0.490.